The molecule has 0 fully saturated rings. The number of hydrogen-bond acceptors (Lipinski definition) is 14. The summed E-state index contributed by atoms with van der Waals surface area (Å²) >= 11 is 0. The lowest BCUT2D eigenvalue weighted by atomic mass is 10.0. The number of rotatable bonds is 57. The minimum atomic E-state index is -4.92. The maximum Gasteiger partial charge on any atom is 0.472 e. The Kier molecular flexibility index (Phi) is 53.4. The maximum atomic E-state index is 12.8. The number of phosphoric acid groups is 2. The van der Waals surface area contributed by atoms with Crippen LogP contribution in [0.15, 0.2) is 72.9 Å². The van der Waals surface area contributed by atoms with Crippen LogP contribution in [0.4, 0.5) is 0 Å². The highest BCUT2D eigenvalue weighted by atomic mass is 31.2. The zero-order chi connectivity index (χ0) is 58.2. The first-order valence-electron chi connectivity index (χ1n) is 30.2. The van der Waals surface area contributed by atoms with E-state index in [-0.39, 0.29) is 19.3 Å². The van der Waals surface area contributed by atoms with Gasteiger partial charge < -0.3 is 34.2 Å². The quantitative estimate of drug-likeness (QED) is 0.0146. The van der Waals surface area contributed by atoms with Gasteiger partial charge in [-0.05, 0) is 77.0 Å². The molecule has 0 aliphatic heterocycles. The van der Waals surface area contributed by atoms with E-state index in [4.69, 9.17) is 32.3 Å². The van der Waals surface area contributed by atoms with Gasteiger partial charge in [-0.1, -0.05) is 216 Å². The molecule has 4 N–H and O–H groups in total. The highest BCUT2D eigenvalue weighted by molar-refractivity contribution is 7.47. The first-order valence-corrected chi connectivity index (χ1v) is 33.2. The third-order valence-electron chi connectivity index (χ3n) is 12.4. The van der Waals surface area contributed by atoms with Crippen molar-refractivity contribution in [3.05, 3.63) is 72.9 Å². The van der Waals surface area contributed by atoms with Crippen molar-refractivity contribution < 1.29 is 75.8 Å². The lowest BCUT2D eigenvalue weighted by Gasteiger charge is -2.21. The molecule has 18 heteroatoms. The molecule has 16 nitrogen and oxygen atoms in total. The van der Waals surface area contributed by atoms with Crippen molar-refractivity contribution in [3.8, 4) is 0 Å². The first-order chi connectivity index (χ1) is 38.2. The molecule has 0 saturated carbocycles. The summed E-state index contributed by atoms with van der Waals surface area (Å²) in [4.78, 5) is 58.0. The predicted octanol–water partition coefficient (Wildman–Crippen LogP) is 15.6. The van der Waals surface area contributed by atoms with Crippen molar-refractivity contribution >= 4 is 33.6 Å². The van der Waals surface area contributed by atoms with E-state index in [1.54, 1.807) is 0 Å². The van der Waals surface area contributed by atoms with Crippen LogP contribution in [0.5, 0.6) is 0 Å². The van der Waals surface area contributed by atoms with Gasteiger partial charge in [0.1, 0.15) is 25.4 Å². The summed E-state index contributed by atoms with van der Waals surface area (Å²) in [7, 11) is -9.77. The Morgan fingerprint density at radius 3 is 1.16 bits per heavy atom. The van der Waals surface area contributed by atoms with Crippen LogP contribution in [0.2, 0.25) is 0 Å². The Morgan fingerprint density at radius 1 is 0.367 bits per heavy atom. The molecule has 0 heterocycles. The minimum absolute atomic E-state index is 0.0955. The molecule has 0 aliphatic carbocycles. The Balaban J connectivity index is 4.68. The number of allylic oxidation sites excluding steroid dienone is 12. The molecular weight excluding hydrogens is 1050 g/mol. The van der Waals surface area contributed by atoms with Gasteiger partial charge in [0.15, 0.2) is 6.10 Å². The zero-order valence-corrected chi connectivity index (χ0v) is 50.8. The summed E-state index contributed by atoms with van der Waals surface area (Å²) in [5, 5.41) is 20.4. The molecule has 0 aliphatic rings. The van der Waals surface area contributed by atoms with Crippen LogP contribution >= 0.6 is 15.6 Å². The van der Waals surface area contributed by atoms with Gasteiger partial charge >= 0.3 is 33.6 Å². The number of esters is 3. The van der Waals surface area contributed by atoms with Gasteiger partial charge in [-0.3, -0.25) is 32.5 Å². The Morgan fingerprint density at radius 2 is 0.696 bits per heavy atom. The fourth-order valence-corrected chi connectivity index (χ4v) is 9.35. The van der Waals surface area contributed by atoms with Gasteiger partial charge in [-0.25, -0.2) is 9.13 Å². The number of unbranched alkanes of at least 4 members (excludes halogenated alkanes) is 22. The summed E-state index contributed by atoms with van der Waals surface area (Å²) in [5.74, 6) is -1.64. The van der Waals surface area contributed by atoms with Crippen molar-refractivity contribution in [1.82, 2.24) is 0 Å². The second kappa shape index (κ2) is 55.5. The van der Waals surface area contributed by atoms with Crippen LogP contribution in [0, 0.1) is 0 Å². The Labute approximate surface area is 477 Å². The number of phosphoric ester groups is 2. The van der Waals surface area contributed by atoms with Gasteiger partial charge in [0, 0.05) is 19.3 Å². The average Bonchev–Trinajstić information content (AvgIpc) is 3.42. The van der Waals surface area contributed by atoms with E-state index < -0.39 is 91.5 Å². The minimum Gasteiger partial charge on any atom is -0.463 e. The molecule has 0 rings (SSSR count). The van der Waals surface area contributed by atoms with Gasteiger partial charge in [0.2, 0.25) is 0 Å². The summed E-state index contributed by atoms with van der Waals surface area (Å²) in [6, 6.07) is 0. The monoisotopic (exact) mass is 1160 g/mol. The normalized spacial score (nSPS) is 15.0. The molecule has 5 atom stereocenters. The van der Waals surface area contributed by atoms with Crippen LogP contribution in [0.1, 0.15) is 239 Å². The molecule has 0 spiro atoms. The fraction of sp³-hybridized carbons (Fsp3) is 0.754. The number of carbonyl (C=O) groups excluding carboxylic acids is 3. The van der Waals surface area contributed by atoms with E-state index in [1.165, 1.54) is 83.5 Å². The van der Waals surface area contributed by atoms with Crippen molar-refractivity contribution in [3.63, 3.8) is 0 Å². The number of carbonyl (C=O) groups is 3. The molecule has 5 unspecified atom stereocenters. The molecule has 458 valence electrons. The number of aliphatic hydroxyl groups is 2. The standard InChI is InChI=1S/C61H108O16P2/c1-4-7-10-13-16-19-22-24-26-27-29-31-33-35-38-41-44-47-59(64)71-50-56(62)51-73-78(67,68)74-52-57(63)53-75-79(69,70)76-55-58(77-61(66)49-46-43-40-37-32-21-18-15-12-9-6-3)54-72-60(65)48-45-42-39-36-34-30-28-25-23-20-17-14-11-8-5-2/h7,10,15-16,18-19,24,26,29,31,35,38,56-58,62-63H,4-6,8-9,11-14,17,20-23,25,27-28,30,32-34,36-37,39-55H2,1-3H3,(H,67,68)(H,69,70)/b10-7-,18-15-,19-16-,26-24-,31-29-,38-35-. The highest BCUT2D eigenvalue weighted by Crippen LogP contribution is 2.45. The van der Waals surface area contributed by atoms with Gasteiger partial charge in [-0.15, -0.1) is 0 Å². The maximum absolute atomic E-state index is 12.8. The highest BCUT2D eigenvalue weighted by Gasteiger charge is 2.29. The molecular formula is C61H108O16P2. The van der Waals surface area contributed by atoms with Crippen LogP contribution in [0.3, 0.4) is 0 Å². The third kappa shape index (κ3) is 56.6. The molecule has 0 amide bonds. The van der Waals surface area contributed by atoms with Gasteiger partial charge in [-0.2, -0.15) is 0 Å². The first kappa shape index (κ1) is 76.0. The van der Waals surface area contributed by atoms with E-state index in [9.17, 15) is 43.5 Å². The van der Waals surface area contributed by atoms with E-state index in [2.05, 4.69) is 81.5 Å². The van der Waals surface area contributed by atoms with Crippen molar-refractivity contribution in [2.24, 2.45) is 0 Å². The van der Waals surface area contributed by atoms with Crippen molar-refractivity contribution in [2.75, 3.05) is 39.6 Å². The van der Waals surface area contributed by atoms with E-state index in [0.717, 1.165) is 89.9 Å². The Hall–Kier alpha value is -3.01. The fourth-order valence-electron chi connectivity index (χ4n) is 7.76. The largest absolute Gasteiger partial charge is 0.472 e. The predicted molar refractivity (Wildman–Crippen MR) is 316 cm³/mol. The topological polar surface area (TPSA) is 231 Å². The number of aliphatic hydroxyl groups excluding tert-OH is 2. The van der Waals surface area contributed by atoms with Crippen LogP contribution < -0.4 is 0 Å². The molecule has 0 saturated heterocycles. The molecule has 0 aromatic rings. The lowest BCUT2D eigenvalue weighted by molar-refractivity contribution is -0.161. The molecule has 79 heavy (non-hydrogen) atoms. The van der Waals surface area contributed by atoms with Crippen molar-refractivity contribution in [2.45, 2.75) is 257 Å². The van der Waals surface area contributed by atoms with E-state index in [0.29, 0.717) is 25.7 Å². The summed E-state index contributed by atoms with van der Waals surface area (Å²) in [6.45, 7) is 2.42. The molecule has 0 aromatic carbocycles. The third-order valence-corrected chi connectivity index (χ3v) is 14.3. The van der Waals surface area contributed by atoms with Gasteiger partial charge in [0.05, 0.1) is 26.4 Å². The number of hydrogen-bond donors (Lipinski definition) is 4. The van der Waals surface area contributed by atoms with Gasteiger partial charge in [0.25, 0.3) is 0 Å². The van der Waals surface area contributed by atoms with Crippen molar-refractivity contribution in [1.29, 1.82) is 0 Å². The molecule has 0 aromatic heterocycles. The SMILES string of the molecule is CC/C=C\C/C=C\C/C=C\C/C=C\C/C=C\CCCC(=O)OCC(O)COP(=O)(O)OCC(O)COP(=O)(O)OCC(COC(=O)CCCCCCCCCCCCCCCCC)OC(=O)CCCCCCC/C=C\CCCC. The van der Waals surface area contributed by atoms with Crippen LogP contribution in [-0.4, -0.2) is 95.9 Å². The Bertz CT molecular complexity index is 1750. The van der Waals surface area contributed by atoms with Crippen LogP contribution in [-0.2, 0) is 55.8 Å². The summed E-state index contributed by atoms with van der Waals surface area (Å²) in [6.07, 6.45) is 54.1. The van der Waals surface area contributed by atoms with Crippen LogP contribution in [0.25, 0.3) is 0 Å². The van der Waals surface area contributed by atoms with E-state index >= 15 is 0 Å². The zero-order valence-electron chi connectivity index (χ0n) is 49.0. The van der Waals surface area contributed by atoms with E-state index in [1.807, 2.05) is 12.2 Å². The second-order valence-corrected chi connectivity index (χ2v) is 23.0. The molecule has 0 radical (unpaired) electrons. The summed E-state index contributed by atoms with van der Waals surface area (Å²) < 4.78 is 60.5. The summed E-state index contributed by atoms with van der Waals surface area (Å²) in [5.41, 5.74) is 0. The average molecular weight is 1160 g/mol. The molecule has 0 bridgehead atoms. The smallest absolute Gasteiger partial charge is 0.463 e. The number of ether oxygens (including phenoxy) is 3. The lowest BCUT2D eigenvalue weighted by Crippen LogP contribution is -2.30. The second-order valence-electron chi connectivity index (χ2n) is 20.1.